The predicted molar refractivity (Wildman–Crippen MR) is 91.0 cm³/mol. The van der Waals surface area contributed by atoms with Crippen LogP contribution in [-0.4, -0.2) is 9.97 Å². The Morgan fingerprint density at radius 2 is 2.24 bits per heavy atom. The highest BCUT2D eigenvalue weighted by atomic mass is 32.1. The monoisotopic (exact) mass is 319 g/mol. The summed E-state index contributed by atoms with van der Waals surface area (Å²) in [6.45, 7) is 4.27. The van der Waals surface area contributed by atoms with Gasteiger partial charge in [-0.15, -0.1) is 22.7 Å². The number of hydrogen-bond acceptors (Lipinski definition) is 7. The van der Waals surface area contributed by atoms with Crippen molar-refractivity contribution in [3.8, 4) is 0 Å². The number of nitrogens with one attached hydrogen (secondary N) is 2. The van der Waals surface area contributed by atoms with Crippen LogP contribution < -0.4 is 16.6 Å². The first-order valence-electron chi connectivity index (χ1n) is 6.78. The van der Waals surface area contributed by atoms with Crippen molar-refractivity contribution in [2.24, 2.45) is 5.84 Å². The number of nitrogens with zero attached hydrogens (tertiary/aromatic N) is 2. The van der Waals surface area contributed by atoms with Crippen molar-refractivity contribution in [3.63, 3.8) is 0 Å². The van der Waals surface area contributed by atoms with Crippen LogP contribution in [-0.2, 0) is 6.42 Å². The van der Waals surface area contributed by atoms with Crippen molar-refractivity contribution in [2.45, 2.75) is 26.3 Å². The molecule has 0 radical (unpaired) electrons. The zero-order valence-corrected chi connectivity index (χ0v) is 13.5. The summed E-state index contributed by atoms with van der Waals surface area (Å²) in [4.78, 5) is 12.4. The summed E-state index contributed by atoms with van der Waals surface area (Å²) in [6, 6.07) is 6.52. The van der Waals surface area contributed by atoms with E-state index in [1.54, 1.807) is 22.7 Å². The molecule has 7 heteroatoms. The molecule has 4 N–H and O–H groups in total. The van der Waals surface area contributed by atoms with Gasteiger partial charge in [0.05, 0.1) is 11.4 Å². The molecule has 1 unspecified atom stereocenters. The molecule has 0 fully saturated rings. The summed E-state index contributed by atoms with van der Waals surface area (Å²) in [5, 5.41) is 6.60. The number of nitrogen functional groups attached to an aromatic ring is 1. The van der Waals surface area contributed by atoms with Crippen molar-refractivity contribution < 1.29 is 0 Å². The van der Waals surface area contributed by atoms with Crippen molar-refractivity contribution >= 4 is 44.7 Å². The third-order valence-electron chi connectivity index (χ3n) is 3.24. The Labute approximate surface area is 131 Å². The van der Waals surface area contributed by atoms with Crippen LogP contribution in [0.4, 0.5) is 11.8 Å². The molecule has 0 aliphatic carbocycles. The Morgan fingerprint density at radius 1 is 1.38 bits per heavy atom. The molecule has 0 saturated carbocycles. The average molecular weight is 319 g/mol. The summed E-state index contributed by atoms with van der Waals surface area (Å²) in [5.74, 6) is 6.74. The molecular formula is C14H17N5S2. The normalized spacial score (nSPS) is 12.5. The second kappa shape index (κ2) is 5.97. The molecule has 3 aromatic rings. The van der Waals surface area contributed by atoms with Gasteiger partial charge < -0.3 is 5.32 Å². The molecule has 110 valence electrons. The lowest BCUT2D eigenvalue weighted by Gasteiger charge is -2.14. The third-order valence-corrected chi connectivity index (χ3v) is 5.47. The van der Waals surface area contributed by atoms with Crippen LogP contribution in [0.1, 0.15) is 29.6 Å². The lowest BCUT2D eigenvalue weighted by atomic mass is 10.2. The smallest absolute Gasteiger partial charge is 0.240 e. The number of anilines is 2. The number of hydrazine groups is 1. The van der Waals surface area contributed by atoms with Gasteiger partial charge in [0.1, 0.15) is 10.6 Å². The number of hydrogen-bond donors (Lipinski definition) is 3. The summed E-state index contributed by atoms with van der Waals surface area (Å²) in [6.07, 6.45) is 0.992. The molecule has 0 spiro atoms. The van der Waals surface area contributed by atoms with Crippen LogP contribution in [0.15, 0.2) is 23.6 Å². The van der Waals surface area contributed by atoms with E-state index in [1.165, 1.54) is 9.75 Å². The maximum absolute atomic E-state index is 5.48. The van der Waals surface area contributed by atoms with Gasteiger partial charge in [-0.2, -0.15) is 4.98 Å². The Morgan fingerprint density at radius 3 is 2.90 bits per heavy atom. The minimum absolute atomic E-state index is 0.193. The fourth-order valence-electron chi connectivity index (χ4n) is 2.13. The van der Waals surface area contributed by atoms with E-state index in [-0.39, 0.29) is 6.04 Å². The molecule has 0 aromatic carbocycles. The second-order valence-corrected chi connectivity index (χ2v) is 6.80. The molecule has 0 bridgehead atoms. The molecule has 3 rings (SSSR count). The predicted octanol–water partition coefficient (Wildman–Crippen LogP) is 3.77. The molecule has 0 amide bonds. The van der Waals surface area contributed by atoms with Gasteiger partial charge >= 0.3 is 0 Å². The number of fused-ring (bicyclic) bond motifs is 1. The summed E-state index contributed by atoms with van der Waals surface area (Å²) in [7, 11) is 0. The SMILES string of the molecule is CCc1cc2c(NC(C)c3cccs3)nc(NN)nc2s1. The molecule has 0 aliphatic rings. The van der Waals surface area contributed by atoms with E-state index in [0.717, 1.165) is 22.5 Å². The molecule has 0 aliphatic heterocycles. The van der Waals surface area contributed by atoms with E-state index >= 15 is 0 Å². The van der Waals surface area contributed by atoms with Gasteiger partial charge in [-0.1, -0.05) is 13.0 Å². The zero-order chi connectivity index (χ0) is 14.8. The summed E-state index contributed by atoms with van der Waals surface area (Å²) < 4.78 is 0. The van der Waals surface area contributed by atoms with E-state index in [4.69, 9.17) is 5.84 Å². The van der Waals surface area contributed by atoms with Crippen molar-refractivity contribution in [1.82, 2.24) is 9.97 Å². The Hall–Kier alpha value is -1.70. The van der Waals surface area contributed by atoms with Gasteiger partial charge in [0.2, 0.25) is 5.95 Å². The van der Waals surface area contributed by atoms with Crippen LogP contribution in [0.25, 0.3) is 10.2 Å². The minimum atomic E-state index is 0.193. The van der Waals surface area contributed by atoms with Crippen molar-refractivity contribution in [2.75, 3.05) is 10.7 Å². The average Bonchev–Trinajstić information content (AvgIpc) is 3.15. The first kappa shape index (κ1) is 14.2. The summed E-state index contributed by atoms with van der Waals surface area (Å²) >= 11 is 3.41. The number of aryl methyl sites for hydroxylation is 1. The maximum atomic E-state index is 5.48. The lowest BCUT2D eigenvalue weighted by molar-refractivity contribution is 0.898. The molecule has 5 nitrogen and oxygen atoms in total. The molecule has 1 atom stereocenters. The molecule has 3 aromatic heterocycles. The summed E-state index contributed by atoms with van der Waals surface area (Å²) in [5.41, 5.74) is 2.54. The van der Waals surface area contributed by atoms with Crippen molar-refractivity contribution in [3.05, 3.63) is 33.3 Å². The van der Waals surface area contributed by atoms with E-state index in [9.17, 15) is 0 Å². The molecule has 3 heterocycles. The number of rotatable bonds is 5. The van der Waals surface area contributed by atoms with Gasteiger partial charge in [-0.25, -0.2) is 10.8 Å². The van der Waals surface area contributed by atoms with Crippen LogP contribution in [0, 0.1) is 0 Å². The van der Waals surface area contributed by atoms with E-state index in [1.807, 2.05) is 0 Å². The largest absolute Gasteiger partial charge is 0.362 e. The lowest BCUT2D eigenvalue weighted by Crippen LogP contribution is -2.13. The van der Waals surface area contributed by atoms with Gasteiger partial charge in [0.25, 0.3) is 0 Å². The highest BCUT2D eigenvalue weighted by molar-refractivity contribution is 7.18. The maximum Gasteiger partial charge on any atom is 0.240 e. The van der Waals surface area contributed by atoms with Crippen LogP contribution in [0.5, 0.6) is 0 Å². The third kappa shape index (κ3) is 2.85. The Balaban J connectivity index is 2.01. The Bertz CT molecular complexity index is 735. The van der Waals surface area contributed by atoms with E-state index in [2.05, 4.69) is 58.1 Å². The van der Waals surface area contributed by atoms with E-state index < -0.39 is 0 Å². The Kier molecular flexibility index (Phi) is 4.05. The fourth-order valence-corrected chi connectivity index (χ4v) is 3.84. The quantitative estimate of drug-likeness (QED) is 0.493. The first-order chi connectivity index (χ1) is 10.2. The van der Waals surface area contributed by atoms with Crippen LogP contribution in [0.2, 0.25) is 0 Å². The van der Waals surface area contributed by atoms with Gasteiger partial charge in [0, 0.05) is 9.75 Å². The van der Waals surface area contributed by atoms with E-state index in [0.29, 0.717) is 5.95 Å². The molecule has 0 saturated heterocycles. The van der Waals surface area contributed by atoms with Crippen molar-refractivity contribution in [1.29, 1.82) is 0 Å². The number of nitrogens with two attached hydrogens (primary N) is 1. The topological polar surface area (TPSA) is 75.9 Å². The van der Waals surface area contributed by atoms with Crippen LogP contribution in [0.3, 0.4) is 0 Å². The highest BCUT2D eigenvalue weighted by Gasteiger charge is 2.14. The number of aromatic nitrogens is 2. The zero-order valence-electron chi connectivity index (χ0n) is 11.9. The fraction of sp³-hybridized carbons (Fsp3) is 0.286. The number of thiophene rings is 2. The second-order valence-electron chi connectivity index (χ2n) is 4.71. The van der Waals surface area contributed by atoms with Gasteiger partial charge in [0.15, 0.2) is 0 Å². The minimum Gasteiger partial charge on any atom is -0.362 e. The molecular weight excluding hydrogens is 302 g/mol. The van der Waals surface area contributed by atoms with Gasteiger partial charge in [-0.05, 0) is 30.9 Å². The van der Waals surface area contributed by atoms with Gasteiger partial charge in [-0.3, -0.25) is 5.43 Å². The van der Waals surface area contributed by atoms with Crippen LogP contribution >= 0.6 is 22.7 Å². The first-order valence-corrected chi connectivity index (χ1v) is 8.48. The highest BCUT2D eigenvalue weighted by Crippen LogP contribution is 2.32. The standard InChI is InChI=1S/C14H17N5S2/c1-3-9-7-10-12(16-8(2)11-5-4-6-20-11)17-14(19-15)18-13(10)21-9/h4-8H,3,15H2,1-2H3,(H2,16,17,18,19). The molecule has 21 heavy (non-hydrogen) atoms.